The number of carbonyl (C=O) groups is 1. The number of nitrogens with zero attached hydrogens (tertiary/aromatic N) is 1. The Morgan fingerprint density at radius 2 is 2.45 bits per heavy atom. The van der Waals surface area contributed by atoms with Gasteiger partial charge in [-0.05, 0) is 25.0 Å². The summed E-state index contributed by atoms with van der Waals surface area (Å²) in [7, 11) is 0. The Morgan fingerprint density at radius 1 is 1.64 bits per heavy atom. The summed E-state index contributed by atoms with van der Waals surface area (Å²) in [5.41, 5.74) is 5.27. The monoisotopic (exact) mass is 152 g/mol. The summed E-state index contributed by atoms with van der Waals surface area (Å²) in [4.78, 5) is 13.0. The van der Waals surface area contributed by atoms with Gasteiger partial charge in [-0.15, -0.1) is 0 Å². The molecule has 1 fully saturated rings. The molecule has 60 valence electrons. The van der Waals surface area contributed by atoms with Crippen molar-refractivity contribution in [3.63, 3.8) is 0 Å². The van der Waals surface area contributed by atoms with Crippen LogP contribution in [0.4, 0.5) is 0 Å². The van der Waals surface area contributed by atoms with Crippen molar-refractivity contribution in [2.24, 2.45) is 11.7 Å². The number of nitrogens with two attached hydrogens (primary N) is 1. The standard InChI is InChI=1S/C8H12N2O/c9-8(11)7-6-2-1-4-10(7)5-3-6/h1,4,6-7H,2-3,5H2,(H2,9,11). The number of hydrogen-bond donors (Lipinski definition) is 1. The van der Waals surface area contributed by atoms with Crippen molar-refractivity contribution in [2.75, 3.05) is 6.54 Å². The Kier molecular flexibility index (Phi) is 1.37. The van der Waals surface area contributed by atoms with Crippen molar-refractivity contribution in [1.82, 2.24) is 4.90 Å². The van der Waals surface area contributed by atoms with Gasteiger partial charge in [0, 0.05) is 6.54 Å². The lowest BCUT2D eigenvalue weighted by atomic mass is 9.94. The molecule has 3 heteroatoms. The van der Waals surface area contributed by atoms with Crippen molar-refractivity contribution in [3.8, 4) is 0 Å². The lowest BCUT2D eigenvalue weighted by molar-refractivity contribution is -0.122. The average molecular weight is 152 g/mol. The fourth-order valence-corrected chi connectivity index (χ4v) is 2.06. The van der Waals surface area contributed by atoms with Crippen LogP contribution in [0.1, 0.15) is 12.8 Å². The second-order valence-corrected chi connectivity index (χ2v) is 3.25. The third kappa shape index (κ3) is 0.914. The molecule has 0 spiro atoms. The van der Waals surface area contributed by atoms with Crippen LogP contribution in [0.15, 0.2) is 12.3 Å². The molecule has 0 aliphatic carbocycles. The molecule has 2 atom stereocenters. The predicted octanol–water partition coefficient (Wildman–Crippen LogP) is 0.0796. The largest absolute Gasteiger partial charge is 0.368 e. The third-order valence-electron chi connectivity index (χ3n) is 2.59. The van der Waals surface area contributed by atoms with Gasteiger partial charge in [0.05, 0.1) is 0 Å². The van der Waals surface area contributed by atoms with E-state index >= 15 is 0 Å². The zero-order valence-corrected chi connectivity index (χ0v) is 6.36. The van der Waals surface area contributed by atoms with E-state index in [9.17, 15) is 4.79 Å². The van der Waals surface area contributed by atoms with E-state index in [1.807, 2.05) is 6.20 Å². The highest BCUT2D eigenvalue weighted by molar-refractivity contribution is 5.81. The molecule has 2 aliphatic rings. The molecule has 0 radical (unpaired) electrons. The average Bonchev–Trinajstić information content (AvgIpc) is 2.23. The van der Waals surface area contributed by atoms with Crippen LogP contribution < -0.4 is 5.73 Å². The van der Waals surface area contributed by atoms with Crippen molar-refractivity contribution in [1.29, 1.82) is 0 Å². The van der Waals surface area contributed by atoms with E-state index in [-0.39, 0.29) is 11.9 Å². The summed E-state index contributed by atoms with van der Waals surface area (Å²) in [6.45, 7) is 0.995. The summed E-state index contributed by atoms with van der Waals surface area (Å²) < 4.78 is 0. The third-order valence-corrected chi connectivity index (χ3v) is 2.59. The fourth-order valence-electron chi connectivity index (χ4n) is 2.06. The molecule has 2 bridgehead atoms. The minimum atomic E-state index is -0.170. The van der Waals surface area contributed by atoms with Gasteiger partial charge in [-0.2, -0.15) is 0 Å². The molecule has 11 heavy (non-hydrogen) atoms. The van der Waals surface area contributed by atoms with Gasteiger partial charge in [0.1, 0.15) is 6.04 Å². The molecule has 2 aliphatic heterocycles. The lowest BCUT2D eigenvalue weighted by Gasteiger charge is -2.26. The van der Waals surface area contributed by atoms with Gasteiger partial charge in [-0.25, -0.2) is 0 Å². The summed E-state index contributed by atoms with van der Waals surface area (Å²) in [5, 5.41) is 0. The second kappa shape index (κ2) is 2.26. The molecule has 3 nitrogen and oxygen atoms in total. The molecule has 0 aromatic heterocycles. The summed E-state index contributed by atoms with van der Waals surface area (Å²) in [6.07, 6.45) is 6.25. The number of allylic oxidation sites excluding steroid dienone is 1. The summed E-state index contributed by atoms with van der Waals surface area (Å²) in [5.74, 6) is 0.314. The van der Waals surface area contributed by atoms with Gasteiger partial charge in [-0.3, -0.25) is 4.79 Å². The summed E-state index contributed by atoms with van der Waals surface area (Å²) >= 11 is 0. The van der Waals surface area contributed by atoms with Crippen LogP contribution in [0.3, 0.4) is 0 Å². The van der Waals surface area contributed by atoms with Crippen LogP contribution in [0, 0.1) is 5.92 Å². The number of amides is 1. The van der Waals surface area contributed by atoms with E-state index < -0.39 is 0 Å². The first-order valence-electron chi connectivity index (χ1n) is 4.01. The maximum absolute atomic E-state index is 11.0. The van der Waals surface area contributed by atoms with Crippen LogP contribution in [-0.2, 0) is 4.79 Å². The maximum atomic E-state index is 11.0. The van der Waals surface area contributed by atoms with Crippen molar-refractivity contribution < 1.29 is 4.79 Å². The van der Waals surface area contributed by atoms with Crippen LogP contribution in [-0.4, -0.2) is 23.4 Å². The maximum Gasteiger partial charge on any atom is 0.240 e. The number of carbonyl (C=O) groups excluding carboxylic acids is 1. The highest BCUT2D eigenvalue weighted by atomic mass is 16.1. The molecule has 1 amide bonds. The highest BCUT2D eigenvalue weighted by Crippen LogP contribution is 2.31. The lowest BCUT2D eigenvalue weighted by Crippen LogP contribution is -2.42. The van der Waals surface area contributed by atoms with E-state index in [1.54, 1.807) is 0 Å². The zero-order valence-electron chi connectivity index (χ0n) is 6.36. The first kappa shape index (κ1) is 6.70. The number of primary amides is 1. The van der Waals surface area contributed by atoms with Gasteiger partial charge in [-0.1, -0.05) is 6.08 Å². The Morgan fingerprint density at radius 3 is 3.00 bits per heavy atom. The molecule has 1 saturated heterocycles. The first-order chi connectivity index (χ1) is 5.29. The molecular weight excluding hydrogens is 140 g/mol. The van der Waals surface area contributed by atoms with Crippen LogP contribution in [0.5, 0.6) is 0 Å². The number of rotatable bonds is 1. The smallest absolute Gasteiger partial charge is 0.240 e. The number of hydrogen-bond acceptors (Lipinski definition) is 2. The van der Waals surface area contributed by atoms with Gasteiger partial charge in [0.25, 0.3) is 0 Å². The van der Waals surface area contributed by atoms with Crippen LogP contribution in [0.2, 0.25) is 0 Å². The topological polar surface area (TPSA) is 46.3 Å². The van der Waals surface area contributed by atoms with E-state index in [0.29, 0.717) is 5.92 Å². The van der Waals surface area contributed by atoms with Gasteiger partial charge < -0.3 is 10.6 Å². The van der Waals surface area contributed by atoms with E-state index in [2.05, 4.69) is 11.0 Å². The minimum absolute atomic E-state index is 0.0139. The van der Waals surface area contributed by atoms with Gasteiger partial charge in [0.2, 0.25) is 5.91 Å². The number of fused-ring (bicyclic) bond motifs is 2. The van der Waals surface area contributed by atoms with Gasteiger partial charge in [0.15, 0.2) is 0 Å². The molecule has 2 unspecified atom stereocenters. The quantitative estimate of drug-likeness (QED) is 0.578. The van der Waals surface area contributed by atoms with Crippen LogP contribution in [0.25, 0.3) is 0 Å². The van der Waals surface area contributed by atoms with Crippen molar-refractivity contribution in [3.05, 3.63) is 12.3 Å². The summed E-state index contributed by atoms with van der Waals surface area (Å²) in [6, 6.07) is -0.0139. The van der Waals surface area contributed by atoms with Crippen molar-refractivity contribution in [2.45, 2.75) is 18.9 Å². The van der Waals surface area contributed by atoms with E-state index in [4.69, 9.17) is 5.73 Å². The molecule has 2 N–H and O–H groups in total. The molecule has 0 aromatic carbocycles. The molecule has 0 aromatic rings. The Hall–Kier alpha value is -0.990. The Labute approximate surface area is 65.9 Å². The Balaban J connectivity index is 2.23. The van der Waals surface area contributed by atoms with Gasteiger partial charge >= 0.3 is 0 Å². The van der Waals surface area contributed by atoms with Crippen LogP contribution >= 0.6 is 0 Å². The minimum Gasteiger partial charge on any atom is -0.368 e. The molecule has 2 heterocycles. The first-order valence-corrected chi connectivity index (χ1v) is 4.01. The normalized spacial score (nSPS) is 34.4. The van der Waals surface area contributed by atoms with E-state index in [1.165, 1.54) is 0 Å². The Bertz CT molecular complexity index is 212. The molecule has 2 rings (SSSR count). The molecular formula is C8H12N2O. The SMILES string of the molecule is NC(=O)C1C2CC=CN1CC2. The zero-order chi connectivity index (χ0) is 7.84. The molecule has 0 saturated carbocycles. The fraction of sp³-hybridized carbons (Fsp3) is 0.625. The highest BCUT2D eigenvalue weighted by Gasteiger charge is 2.37. The van der Waals surface area contributed by atoms with Crippen molar-refractivity contribution >= 4 is 5.91 Å². The second-order valence-electron chi connectivity index (χ2n) is 3.25. The predicted molar refractivity (Wildman–Crippen MR) is 41.6 cm³/mol. The van der Waals surface area contributed by atoms with E-state index in [0.717, 1.165) is 19.4 Å².